The van der Waals surface area contributed by atoms with Crippen LogP contribution in [0.5, 0.6) is 0 Å². The van der Waals surface area contributed by atoms with Crippen molar-refractivity contribution in [1.29, 1.82) is 0 Å². The van der Waals surface area contributed by atoms with Crippen LogP contribution in [0.25, 0.3) is 11.5 Å². The van der Waals surface area contributed by atoms with E-state index in [1.54, 1.807) is 12.3 Å². The highest BCUT2D eigenvalue weighted by molar-refractivity contribution is 9.10. The number of hydrogen-bond donors (Lipinski definition) is 2. The molecule has 0 aromatic carbocycles. The van der Waals surface area contributed by atoms with Gasteiger partial charge >= 0.3 is 5.69 Å². The SMILES string of the molecule is Nc1nn(-c2cc3n[nH]c(=O)n3cn2)cc1Br. The molecule has 0 aliphatic carbocycles. The molecule has 0 spiro atoms. The molecule has 0 saturated heterocycles. The van der Waals surface area contributed by atoms with Gasteiger partial charge in [0.05, 0.1) is 4.47 Å². The van der Waals surface area contributed by atoms with E-state index in [4.69, 9.17) is 5.73 Å². The van der Waals surface area contributed by atoms with E-state index in [1.807, 2.05) is 0 Å². The third-order valence-electron chi connectivity index (χ3n) is 2.23. The maximum Gasteiger partial charge on any atom is 0.348 e. The van der Waals surface area contributed by atoms with Crippen molar-refractivity contribution in [2.24, 2.45) is 0 Å². The van der Waals surface area contributed by atoms with Crippen LogP contribution >= 0.6 is 15.9 Å². The molecule has 8 nitrogen and oxygen atoms in total. The number of nitrogens with zero attached hydrogens (tertiary/aromatic N) is 5. The molecular formula is C8H6BrN7O. The van der Waals surface area contributed by atoms with Crippen molar-refractivity contribution in [3.05, 3.63) is 33.5 Å². The van der Waals surface area contributed by atoms with Crippen LogP contribution in [0.4, 0.5) is 5.82 Å². The summed E-state index contributed by atoms with van der Waals surface area (Å²) in [5.74, 6) is 0.889. The molecule has 3 N–H and O–H groups in total. The zero-order chi connectivity index (χ0) is 12.0. The van der Waals surface area contributed by atoms with E-state index in [0.29, 0.717) is 21.8 Å². The third kappa shape index (κ3) is 1.51. The van der Waals surface area contributed by atoms with Crippen molar-refractivity contribution in [1.82, 2.24) is 29.4 Å². The minimum Gasteiger partial charge on any atom is -0.381 e. The van der Waals surface area contributed by atoms with Crippen LogP contribution in [0.3, 0.4) is 0 Å². The Morgan fingerprint density at radius 3 is 3.00 bits per heavy atom. The quantitative estimate of drug-likeness (QED) is 0.654. The van der Waals surface area contributed by atoms with Gasteiger partial charge in [0.1, 0.15) is 6.33 Å². The predicted molar refractivity (Wildman–Crippen MR) is 62.8 cm³/mol. The second-order valence-electron chi connectivity index (χ2n) is 3.31. The van der Waals surface area contributed by atoms with E-state index >= 15 is 0 Å². The molecule has 0 saturated carbocycles. The molecule has 3 rings (SSSR count). The molecule has 9 heteroatoms. The van der Waals surface area contributed by atoms with Crippen molar-refractivity contribution in [3.8, 4) is 5.82 Å². The first-order valence-corrected chi connectivity index (χ1v) is 5.38. The number of nitrogen functional groups attached to an aromatic ring is 1. The van der Waals surface area contributed by atoms with Gasteiger partial charge in [-0.1, -0.05) is 0 Å². The number of nitrogens with two attached hydrogens (primary N) is 1. The molecule has 0 fully saturated rings. The minimum atomic E-state index is -0.333. The smallest absolute Gasteiger partial charge is 0.348 e. The first kappa shape index (κ1) is 10.0. The van der Waals surface area contributed by atoms with Gasteiger partial charge in [0.25, 0.3) is 0 Å². The van der Waals surface area contributed by atoms with E-state index in [9.17, 15) is 4.79 Å². The number of hydrogen-bond acceptors (Lipinski definition) is 5. The first-order chi connectivity index (χ1) is 8.15. The molecule has 3 heterocycles. The zero-order valence-electron chi connectivity index (χ0n) is 8.33. The third-order valence-corrected chi connectivity index (χ3v) is 2.84. The van der Waals surface area contributed by atoms with Crippen LogP contribution in [-0.2, 0) is 0 Å². The summed E-state index contributed by atoms with van der Waals surface area (Å²) in [6, 6.07) is 1.62. The van der Waals surface area contributed by atoms with Gasteiger partial charge in [-0.3, -0.25) is 0 Å². The Balaban J connectivity index is 2.21. The number of halogens is 1. The lowest BCUT2D eigenvalue weighted by molar-refractivity contribution is 0.838. The Bertz CT molecular complexity index is 735. The van der Waals surface area contributed by atoms with Gasteiger partial charge in [0.2, 0.25) is 0 Å². The number of H-pyrrole nitrogens is 1. The molecule has 3 aromatic heterocycles. The molecule has 86 valence electrons. The largest absolute Gasteiger partial charge is 0.381 e. The van der Waals surface area contributed by atoms with Gasteiger partial charge in [-0.05, 0) is 15.9 Å². The summed E-state index contributed by atoms with van der Waals surface area (Å²) in [7, 11) is 0. The van der Waals surface area contributed by atoms with Crippen LogP contribution in [-0.4, -0.2) is 29.4 Å². The maximum absolute atomic E-state index is 11.2. The monoisotopic (exact) mass is 295 g/mol. The lowest BCUT2D eigenvalue weighted by Crippen LogP contribution is -2.10. The van der Waals surface area contributed by atoms with Gasteiger partial charge < -0.3 is 5.73 Å². The van der Waals surface area contributed by atoms with E-state index in [1.165, 1.54) is 15.4 Å². The second kappa shape index (κ2) is 3.42. The van der Waals surface area contributed by atoms with Crippen molar-refractivity contribution in [2.45, 2.75) is 0 Å². The van der Waals surface area contributed by atoms with Gasteiger partial charge in [-0.25, -0.2) is 24.0 Å². The van der Waals surface area contributed by atoms with Crippen molar-refractivity contribution >= 4 is 27.4 Å². The average Bonchev–Trinajstić information content (AvgIpc) is 2.84. The Morgan fingerprint density at radius 2 is 2.29 bits per heavy atom. The number of aromatic nitrogens is 6. The topological polar surface area (TPSA) is 107 Å². The van der Waals surface area contributed by atoms with Crippen LogP contribution in [0, 0.1) is 0 Å². The predicted octanol–water partition coefficient (Wildman–Crippen LogP) is -0.0520. The van der Waals surface area contributed by atoms with Crippen molar-refractivity contribution in [3.63, 3.8) is 0 Å². The van der Waals surface area contributed by atoms with Gasteiger partial charge in [-0.15, -0.1) is 5.10 Å². The molecule has 0 unspecified atom stereocenters. The van der Waals surface area contributed by atoms with Crippen LogP contribution in [0.2, 0.25) is 0 Å². The standard InChI is InChI=1S/C8H6BrN7O/c9-4-2-16(14-7(4)10)5-1-6-12-13-8(17)15(6)3-11-5/h1-3H,(H2,10,14)(H,13,17). The summed E-state index contributed by atoms with van der Waals surface area (Å²) in [6.45, 7) is 0. The van der Waals surface area contributed by atoms with E-state index in [2.05, 4.69) is 36.2 Å². The second-order valence-corrected chi connectivity index (χ2v) is 4.17. The summed E-state index contributed by atoms with van der Waals surface area (Å²) in [6.07, 6.45) is 3.06. The molecule has 0 radical (unpaired) electrons. The Morgan fingerprint density at radius 1 is 1.47 bits per heavy atom. The molecule has 0 atom stereocenters. The summed E-state index contributed by atoms with van der Waals surface area (Å²) in [5, 5.41) is 10.2. The lowest BCUT2D eigenvalue weighted by Gasteiger charge is -1.98. The Labute approximate surface area is 102 Å². The van der Waals surface area contributed by atoms with Crippen molar-refractivity contribution in [2.75, 3.05) is 5.73 Å². The Kier molecular flexibility index (Phi) is 2.01. The molecule has 0 aliphatic heterocycles. The molecule has 0 bridgehead atoms. The molecule has 0 aliphatic rings. The summed E-state index contributed by atoms with van der Waals surface area (Å²) in [5.41, 5.74) is 5.74. The highest BCUT2D eigenvalue weighted by Gasteiger charge is 2.07. The zero-order valence-corrected chi connectivity index (χ0v) is 9.92. The molecule has 17 heavy (non-hydrogen) atoms. The summed E-state index contributed by atoms with van der Waals surface area (Å²) in [4.78, 5) is 15.3. The maximum atomic E-state index is 11.2. The minimum absolute atomic E-state index is 0.333. The number of rotatable bonds is 1. The van der Waals surface area contributed by atoms with Crippen molar-refractivity contribution < 1.29 is 0 Å². The van der Waals surface area contributed by atoms with E-state index < -0.39 is 0 Å². The van der Waals surface area contributed by atoms with E-state index in [0.717, 1.165) is 0 Å². The van der Waals surface area contributed by atoms with Gasteiger partial charge in [0.15, 0.2) is 17.3 Å². The number of aromatic amines is 1. The molecule has 3 aromatic rings. The normalized spacial score (nSPS) is 11.1. The van der Waals surface area contributed by atoms with Gasteiger partial charge in [-0.2, -0.15) is 5.10 Å². The number of fused-ring (bicyclic) bond motifs is 1. The average molecular weight is 296 g/mol. The Hall–Kier alpha value is -2.16. The fourth-order valence-corrected chi connectivity index (χ4v) is 1.68. The molecule has 0 amide bonds. The summed E-state index contributed by atoms with van der Waals surface area (Å²) < 4.78 is 3.47. The van der Waals surface area contributed by atoms with Crippen LogP contribution in [0.15, 0.2) is 27.9 Å². The van der Waals surface area contributed by atoms with Crippen LogP contribution < -0.4 is 11.4 Å². The highest BCUT2D eigenvalue weighted by Crippen LogP contribution is 2.18. The van der Waals surface area contributed by atoms with Gasteiger partial charge in [0, 0.05) is 12.3 Å². The lowest BCUT2D eigenvalue weighted by atomic mass is 10.5. The number of nitrogens with one attached hydrogen (secondary N) is 1. The van der Waals surface area contributed by atoms with Crippen LogP contribution in [0.1, 0.15) is 0 Å². The first-order valence-electron chi connectivity index (χ1n) is 4.59. The number of anilines is 1. The fourth-order valence-electron chi connectivity index (χ4n) is 1.41. The highest BCUT2D eigenvalue weighted by atomic mass is 79.9. The summed E-state index contributed by atoms with van der Waals surface area (Å²) >= 11 is 3.25. The molecular weight excluding hydrogens is 290 g/mol. The fraction of sp³-hybridized carbons (Fsp3) is 0. The van der Waals surface area contributed by atoms with E-state index in [-0.39, 0.29) is 5.69 Å².